The molecule has 0 atom stereocenters. The summed E-state index contributed by atoms with van der Waals surface area (Å²) in [5.74, 6) is 1.87. The van der Waals surface area contributed by atoms with E-state index < -0.39 is 0 Å². The molecule has 0 spiro atoms. The van der Waals surface area contributed by atoms with Crippen LogP contribution in [0.3, 0.4) is 0 Å². The van der Waals surface area contributed by atoms with E-state index in [2.05, 4.69) is 35.4 Å². The van der Waals surface area contributed by atoms with Crippen molar-refractivity contribution >= 4 is 11.5 Å². The maximum atomic E-state index is 5.99. The van der Waals surface area contributed by atoms with E-state index in [1.54, 1.807) is 19.2 Å². The molecule has 0 aliphatic rings. The number of hydrogen-bond donors (Lipinski definition) is 2. The van der Waals surface area contributed by atoms with Crippen LogP contribution in [0.5, 0.6) is 11.6 Å². The normalized spacial score (nSPS) is 10.3. The van der Waals surface area contributed by atoms with Crippen molar-refractivity contribution in [1.29, 1.82) is 0 Å². The Labute approximate surface area is 135 Å². The van der Waals surface area contributed by atoms with Crippen LogP contribution in [-0.4, -0.2) is 12.0 Å². The highest BCUT2D eigenvalue weighted by molar-refractivity contribution is 5.71. The summed E-state index contributed by atoms with van der Waals surface area (Å²) in [4.78, 5) is 4.38. The van der Waals surface area contributed by atoms with Gasteiger partial charge in [-0.1, -0.05) is 48.0 Å². The van der Waals surface area contributed by atoms with Crippen LogP contribution in [-0.2, 0) is 0 Å². The average Bonchev–Trinajstić information content (AvgIpc) is 2.57. The van der Waals surface area contributed by atoms with Gasteiger partial charge in [-0.3, -0.25) is 0 Å². The van der Waals surface area contributed by atoms with Crippen molar-refractivity contribution in [3.63, 3.8) is 0 Å². The number of para-hydroxylation sites is 1. The number of aromatic nitrogens is 1. The first kappa shape index (κ1) is 14.9. The number of aryl methyl sites for hydroxylation is 1. The molecule has 3 aromatic rings. The van der Waals surface area contributed by atoms with Gasteiger partial charge in [-0.2, -0.15) is 4.98 Å². The smallest absolute Gasteiger partial charge is 0.221 e. The molecule has 0 bridgehead atoms. The van der Waals surface area contributed by atoms with Gasteiger partial charge in [0.05, 0.1) is 5.69 Å². The maximum Gasteiger partial charge on any atom is 0.221 e. The third-order valence-corrected chi connectivity index (χ3v) is 3.57. The van der Waals surface area contributed by atoms with Crippen LogP contribution >= 0.6 is 0 Å². The Balaban J connectivity index is 1.98. The Hall–Kier alpha value is -3.01. The van der Waals surface area contributed by atoms with Crippen molar-refractivity contribution < 1.29 is 4.74 Å². The Kier molecular flexibility index (Phi) is 4.15. The van der Waals surface area contributed by atoms with Crippen LogP contribution in [0.1, 0.15) is 5.56 Å². The zero-order valence-electron chi connectivity index (χ0n) is 13.2. The summed E-state index contributed by atoms with van der Waals surface area (Å²) in [6, 6.07) is 19.8. The van der Waals surface area contributed by atoms with Crippen molar-refractivity contribution in [2.45, 2.75) is 6.92 Å². The molecule has 0 amide bonds. The molecule has 0 aliphatic carbocycles. The number of nitrogen functional groups attached to an aromatic ring is 1. The van der Waals surface area contributed by atoms with Gasteiger partial charge in [0.2, 0.25) is 5.88 Å². The number of nitrogens with two attached hydrogens (primary N) is 1. The predicted molar refractivity (Wildman–Crippen MR) is 94.9 cm³/mol. The predicted octanol–water partition coefficient (Wildman–Crippen LogP) is 4.47. The lowest BCUT2D eigenvalue weighted by molar-refractivity contribution is 0.465. The average molecular weight is 305 g/mol. The fourth-order valence-electron chi connectivity index (χ4n) is 2.43. The van der Waals surface area contributed by atoms with Crippen molar-refractivity contribution in [1.82, 2.24) is 4.98 Å². The number of nitrogens with zero attached hydrogens (tertiary/aromatic N) is 1. The van der Waals surface area contributed by atoms with Crippen LogP contribution in [0.4, 0.5) is 11.5 Å². The van der Waals surface area contributed by atoms with Crippen molar-refractivity contribution in [3.8, 4) is 22.8 Å². The minimum Gasteiger partial charge on any atom is -0.438 e. The van der Waals surface area contributed by atoms with Gasteiger partial charge in [-0.05, 0) is 24.6 Å². The van der Waals surface area contributed by atoms with Gasteiger partial charge >= 0.3 is 0 Å². The molecule has 1 aromatic heterocycles. The van der Waals surface area contributed by atoms with E-state index in [-0.39, 0.29) is 0 Å². The van der Waals surface area contributed by atoms with Crippen LogP contribution in [0, 0.1) is 6.92 Å². The lowest BCUT2D eigenvalue weighted by Crippen LogP contribution is -2.00. The molecule has 116 valence electrons. The Bertz CT molecular complexity index is 830. The molecule has 0 unspecified atom stereocenters. The van der Waals surface area contributed by atoms with Crippen LogP contribution in [0.2, 0.25) is 0 Å². The molecular weight excluding hydrogens is 286 g/mol. The lowest BCUT2D eigenvalue weighted by atomic mass is 10.0. The molecule has 2 aromatic carbocycles. The fourth-order valence-corrected chi connectivity index (χ4v) is 2.43. The largest absolute Gasteiger partial charge is 0.438 e. The summed E-state index contributed by atoms with van der Waals surface area (Å²) in [6.07, 6.45) is 0. The zero-order chi connectivity index (χ0) is 16.2. The lowest BCUT2D eigenvalue weighted by Gasteiger charge is -2.12. The minimum atomic E-state index is 0.503. The number of ether oxygens (including phenoxy) is 1. The van der Waals surface area contributed by atoms with Crippen LogP contribution in [0.15, 0.2) is 60.7 Å². The van der Waals surface area contributed by atoms with E-state index in [9.17, 15) is 0 Å². The number of benzene rings is 2. The van der Waals surface area contributed by atoms with Gasteiger partial charge in [0, 0.05) is 18.7 Å². The summed E-state index contributed by atoms with van der Waals surface area (Å²) in [5.41, 5.74) is 9.79. The number of rotatable bonds is 4. The van der Waals surface area contributed by atoms with Crippen molar-refractivity contribution in [2.24, 2.45) is 0 Å². The maximum absolute atomic E-state index is 5.99. The van der Waals surface area contributed by atoms with Gasteiger partial charge in [0.15, 0.2) is 5.82 Å². The van der Waals surface area contributed by atoms with Crippen LogP contribution in [0.25, 0.3) is 11.1 Å². The fraction of sp³-hybridized carbons (Fsp3) is 0.105. The molecule has 0 saturated heterocycles. The summed E-state index contributed by atoms with van der Waals surface area (Å²) >= 11 is 0. The molecule has 23 heavy (non-hydrogen) atoms. The van der Waals surface area contributed by atoms with E-state index in [0.717, 1.165) is 16.9 Å². The number of pyridine rings is 1. The second-order valence-electron chi connectivity index (χ2n) is 5.31. The Morgan fingerprint density at radius 2 is 1.83 bits per heavy atom. The number of nitrogens with one attached hydrogen (secondary N) is 1. The molecule has 0 radical (unpaired) electrons. The first-order valence-electron chi connectivity index (χ1n) is 7.45. The topological polar surface area (TPSA) is 60.2 Å². The van der Waals surface area contributed by atoms with E-state index in [1.165, 1.54) is 5.56 Å². The van der Waals surface area contributed by atoms with Gasteiger partial charge in [0.25, 0.3) is 0 Å². The second-order valence-corrected chi connectivity index (χ2v) is 5.31. The summed E-state index contributed by atoms with van der Waals surface area (Å²) in [6.45, 7) is 2.08. The molecule has 0 saturated carbocycles. The van der Waals surface area contributed by atoms with Gasteiger partial charge in [0.1, 0.15) is 5.75 Å². The van der Waals surface area contributed by atoms with Gasteiger partial charge in [-0.25, -0.2) is 0 Å². The highest BCUT2D eigenvalue weighted by Crippen LogP contribution is 2.33. The molecule has 0 fully saturated rings. The van der Waals surface area contributed by atoms with E-state index in [4.69, 9.17) is 10.5 Å². The zero-order valence-corrected chi connectivity index (χ0v) is 13.2. The molecule has 3 rings (SSSR count). The monoisotopic (exact) mass is 305 g/mol. The van der Waals surface area contributed by atoms with Crippen LogP contribution < -0.4 is 15.8 Å². The Morgan fingerprint density at radius 3 is 2.61 bits per heavy atom. The summed E-state index contributed by atoms with van der Waals surface area (Å²) in [7, 11) is 1.78. The second kappa shape index (κ2) is 6.40. The molecule has 1 heterocycles. The number of anilines is 2. The quantitative estimate of drug-likeness (QED) is 0.746. The van der Waals surface area contributed by atoms with E-state index in [1.807, 2.05) is 30.3 Å². The SMILES string of the molecule is CNc1nc(Oc2ccccc2-c2cccc(C)c2)ccc1N. The third-order valence-electron chi connectivity index (χ3n) is 3.57. The minimum absolute atomic E-state index is 0.503. The summed E-state index contributed by atoms with van der Waals surface area (Å²) < 4.78 is 5.99. The molecule has 0 aliphatic heterocycles. The molecule has 4 nitrogen and oxygen atoms in total. The molecule has 3 N–H and O–H groups in total. The van der Waals surface area contributed by atoms with E-state index in [0.29, 0.717) is 17.4 Å². The van der Waals surface area contributed by atoms with Gasteiger partial charge in [-0.15, -0.1) is 0 Å². The van der Waals surface area contributed by atoms with Crippen molar-refractivity contribution in [2.75, 3.05) is 18.1 Å². The highest BCUT2D eigenvalue weighted by atomic mass is 16.5. The molecule has 4 heteroatoms. The van der Waals surface area contributed by atoms with Gasteiger partial charge < -0.3 is 15.8 Å². The van der Waals surface area contributed by atoms with Crippen molar-refractivity contribution in [3.05, 3.63) is 66.2 Å². The standard InChI is InChI=1S/C19H19N3O/c1-13-6-5-7-14(12-13)15-8-3-4-9-17(15)23-18-11-10-16(20)19(21-2)22-18/h3-12H,20H2,1-2H3,(H,21,22). The first-order chi connectivity index (χ1) is 11.2. The highest BCUT2D eigenvalue weighted by Gasteiger charge is 2.09. The molecular formula is C19H19N3O. The first-order valence-corrected chi connectivity index (χ1v) is 7.45. The number of hydrogen-bond acceptors (Lipinski definition) is 4. The Morgan fingerprint density at radius 1 is 1.00 bits per heavy atom. The van der Waals surface area contributed by atoms with E-state index >= 15 is 0 Å². The third kappa shape index (κ3) is 3.26. The summed E-state index contributed by atoms with van der Waals surface area (Å²) in [5, 5.41) is 2.96.